The van der Waals surface area contributed by atoms with Gasteiger partial charge in [0, 0.05) is 6.42 Å². The summed E-state index contributed by atoms with van der Waals surface area (Å²) < 4.78 is 5.35. The minimum atomic E-state index is -0.0497. The first-order valence-corrected chi connectivity index (χ1v) is 11.0. The van der Waals surface area contributed by atoms with Gasteiger partial charge >= 0.3 is 5.97 Å². The van der Waals surface area contributed by atoms with E-state index in [0.717, 1.165) is 25.7 Å². The fraction of sp³-hybridized carbons (Fsp3) is 0.792. The summed E-state index contributed by atoms with van der Waals surface area (Å²) in [7, 11) is 0. The van der Waals surface area contributed by atoms with Gasteiger partial charge in [-0.2, -0.15) is 0 Å². The van der Waals surface area contributed by atoms with E-state index in [2.05, 4.69) is 46.8 Å². The molecular weight excluding hydrogens is 320 g/mol. The molecule has 0 rings (SSSR count). The van der Waals surface area contributed by atoms with Crippen LogP contribution in [0.3, 0.4) is 0 Å². The van der Waals surface area contributed by atoms with Crippen molar-refractivity contribution >= 4 is 5.97 Å². The number of carbonyl (C=O) groups is 1. The molecule has 2 nitrogen and oxygen atoms in total. The molecule has 0 saturated heterocycles. The zero-order valence-electron chi connectivity index (χ0n) is 18.2. The maximum atomic E-state index is 11.8. The van der Waals surface area contributed by atoms with E-state index in [1.165, 1.54) is 56.1 Å². The van der Waals surface area contributed by atoms with Gasteiger partial charge in [-0.05, 0) is 45.1 Å². The van der Waals surface area contributed by atoms with Crippen LogP contribution in [-0.4, -0.2) is 12.6 Å². The van der Waals surface area contributed by atoms with E-state index in [1.807, 2.05) is 0 Å². The first-order chi connectivity index (χ1) is 12.5. The molecule has 152 valence electrons. The average Bonchev–Trinajstić information content (AvgIpc) is 2.64. The normalized spacial score (nSPS) is 13.7. The molecule has 0 spiro atoms. The lowest BCUT2D eigenvalue weighted by Gasteiger charge is -2.11. The summed E-state index contributed by atoms with van der Waals surface area (Å²) in [6.45, 7) is 11.4. The zero-order chi connectivity index (χ0) is 19.6. The Morgan fingerprint density at radius 2 is 1.46 bits per heavy atom. The number of allylic oxidation sites excluding steroid dienone is 3. The molecule has 0 unspecified atom stereocenters. The SMILES string of the molecule is CCCCCCCCCCCC(=O)OC/C=C(\C)[C@@H](C)C/C=C(\C)CC. The van der Waals surface area contributed by atoms with Gasteiger partial charge in [-0.15, -0.1) is 0 Å². The number of ether oxygens (including phenoxy) is 1. The fourth-order valence-electron chi connectivity index (χ4n) is 2.83. The molecule has 0 aliphatic carbocycles. The highest BCUT2D eigenvalue weighted by Gasteiger charge is 2.05. The Labute approximate surface area is 163 Å². The van der Waals surface area contributed by atoms with Crippen LogP contribution in [0, 0.1) is 5.92 Å². The Hall–Kier alpha value is -1.05. The number of rotatable bonds is 16. The van der Waals surface area contributed by atoms with Crippen molar-refractivity contribution < 1.29 is 9.53 Å². The monoisotopic (exact) mass is 364 g/mol. The van der Waals surface area contributed by atoms with E-state index in [-0.39, 0.29) is 5.97 Å². The molecule has 0 heterocycles. The van der Waals surface area contributed by atoms with Crippen molar-refractivity contribution in [2.45, 2.75) is 112 Å². The Morgan fingerprint density at radius 1 is 0.885 bits per heavy atom. The van der Waals surface area contributed by atoms with Crippen molar-refractivity contribution in [2.24, 2.45) is 5.92 Å². The summed E-state index contributed by atoms with van der Waals surface area (Å²) in [6.07, 6.45) is 18.6. The second kappa shape index (κ2) is 17.4. The molecule has 2 heteroatoms. The summed E-state index contributed by atoms with van der Waals surface area (Å²) in [6, 6.07) is 0. The summed E-state index contributed by atoms with van der Waals surface area (Å²) in [5, 5.41) is 0. The third-order valence-electron chi connectivity index (χ3n) is 5.29. The Balaban J connectivity index is 3.69. The van der Waals surface area contributed by atoms with Gasteiger partial charge < -0.3 is 4.74 Å². The molecule has 1 atom stereocenters. The lowest BCUT2D eigenvalue weighted by Crippen LogP contribution is -2.05. The quantitative estimate of drug-likeness (QED) is 0.159. The number of hydrogen-bond donors (Lipinski definition) is 0. The second-order valence-electron chi connectivity index (χ2n) is 7.75. The van der Waals surface area contributed by atoms with E-state index >= 15 is 0 Å². The van der Waals surface area contributed by atoms with Crippen LogP contribution in [-0.2, 0) is 9.53 Å². The van der Waals surface area contributed by atoms with Gasteiger partial charge in [0.05, 0.1) is 0 Å². The second-order valence-corrected chi connectivity index (χ2v) is 7.75. The van der Waals surface area contributed by atoms with Gasteiger partial charge in [0.25, 0.3) is 0 Å². The Bertz CT molecular complexity index is 406. The zero-order valence-corrected chi connectivity index (χ0v) is 18.2. The van der Waals surface area contributed by atoms with E-state index in [1.54, 1.807) is 0 Å². The minimum Gasteiger partial charge on any atom is -0.461 e. The van der Waals surface area contributed by atoms with Crippen molar-refractivity contribution in [3.05, 3.63) is 23.3 Å². The molecular formula is C24H44O2. The maximum absolute atomic E-state index is 11.8. The van der Waals surface area contributed by atoms with E-state index < -0.39 is 0 Å². The smallest absolute Gasteiger partial charge is 0.306 e. The predicted molar refractivity (Wildman–Crippen MR) is 114 cm³/mol. The van der Waals surface area contributed by atoms with E-state index in [0.29, 0.717) is 18.9 Å². The third kappa shape index (κ3) is 15.2. The van der Waals surface area contributed by atoms with Crippen LogP contribution in [0.15, 0.2) is 23.3 Å². The summed E-state index contributed by atoms with van der Waals surface area (Å²) in [4.78, 5) is 11.8. The third-order valence-corrected chi connectivity index (χ3v) is 5.29. The van der Waals surface area contributed by atoms with Gasteiger partial charge in [0.1, 0.15) is 6.61 Å². The van der Waals surface area contributed by atoms with Gasteiger partial charge in [-0.3, -0.25) is 4.79 Å². The standard InChI is InChI=1S/C24H44O2/c1-6-8-9-10-11-12-13-14-15-16-24(25)26-20-19-23(5)22(4)18-17-21(3)7-2/h17,19,22H,6-16,18,20H2,1-5H3/b21-17+,23-19+/t22-/m0/s1. The molecule has 0 bridgehead atoms. The fourth-order valence-corrected chi connectivity index (χ4v) is 2.83. The number of carbonyl (C=O) groups excluding carboxylic acids is 1. The van der Waals surface area contributed by atoms with Crippen LogP contribution < -0.4 is 0 Å². The highest BCUT2D eigenvalue weighted by atomic mass is 16.5. The molecule has 0 amide bonds. The molecule has 0 radical (unpaired) electrons. The largest absolute Gasteiger partial charge is 0.461 e. The molecule has 0 aromatic rings. The molecule has 0 saturated carbocycles. The van der Waals surface area contributed by atoms with Crippen molar-refractivity contribution in [3.8, 4) is 0 Å². The van der Waals surface area contributed by atoms with Crippen LogP contribution in [0.2, 0.25) is 0 Å². The lowest BCUT2D eigenvalue weighted by atomic mass is 9.97. The topological polar surface area (TPSA) is 26.3 Å². The van der Waals surface area contributed by atoms with Crippen molar-refractivity contribution in [1.82, 2.24) is 0 Å². The van der Waals surface area contributed by atoms with Crippen LogP contribution >= 0.6 is 0 Å². The predicted octanol–water partition coefficient (Wildman–Crippen LogP) is 7.78. The average molecular weight is 365 g/mol. The molecule has 0 aliphatic heterocycles. The molecule has 26 heavy (non-hydrogen) atoms. The van der Waals surface area contributed by atoms with Crippen LogP contribution in [0.25, 0.3) is 0 Å². The lowest BCUT2D eigenvalue weighted by molar-refractivity contribution is -0.142. The molecule has 0 aromatic heterocycles. The molecule has 0 aliphatic rings. The van der Waals surface area contributed by atoms with E-state index in [9.17, 15) is 4.79 Å². The first-order valence-electron chi connectivity index (χ1n) is 11.0. The summed E-state index contributed by atoms with van der Waals surface area (Å²) >= 11 is 0. The first kappa shape index (κ1) is 24.9. The van der Waals surface area contributed by atoms with E-state index in [4.69, 9.17) is 4.74 Å². The Kier molecular flexibility index (Phi) is 16.7. The van der Waals surface area contributed by atoms with Crippen LogP contribution in [0.4, 0.5) is 0 Å². The Morgan fingerprint density at radius 3 is 2.04 bits per heavy atom. The summed E-state index contributed by atoms with van der Waals surface area (Å²) in [5.74, 6) is 0.457. The highest BCUT2D eigenvalue weighted by Crippen LogP contribution is 2.16. The van der Waals surface area contributed by atoms with Gasteiger partial charge in [-0.1, -0.05) is 89.4 Å². The van der Waals surface area contributed by atoms with Crippen LogP contribution in [0.5, 0.6) is 0 Å². The van der Waals surface area contributed by atoms with Crippen molar-refractivity contribution in [3.63, 3.8) is 0 Å². The maximum Gasteiger partial charge on any atom is 0.306 e. The van der Waals surface area contributed by atoms with Gasteiger partial charge in [-0.25, -0.2) is 0 Å². The van der Waals surface area contributed by atoms with Gasteiger partial charge in [0.2, 0.25) is 0 Å². The highest BCUT2D eigenvalue weighted by molar-refractivity contribution is 5.69. The molecule has 0 N–H and O–H groups in total. The van der Waals surface area contributed by atoms with Crippen molar-refractivity contribution in [1.29, 1.82) is 0 Å². The summed E-state index contributed by atoms with van der Waals surface area (Å²) in [5.41, 5.74) is 2.75. The van der Waals surface area contributed by atoms with Gasteiger partial charge in [0.15, 0.2) is 0 Å². The number of unbranched alkanes of at least 4 members (excludes halogenated alkanes) is 8. The van der Waals surface area contributed by atoms with Crippen LogP contribution in [0.1, 0.15) is 112 Å². The minimum absolute atomic E-state index is 0.0497. The molecule has 0 aromatic carbocycles. The number of esters is 1. The number of hydrogen-bond acceptors (Lipinski definition) is 2. The molecule has 0 fully saturated rings. The van der Waals surface area contributed by atoms with Crippen molar-refractivity contribution in [2.75, 3.05) is 6.61 Å².